The number of carbonyl (C=O) groups is 2. The second kappa shape index (κ2) is 7.31. The lowest BCUT2D eigenvalue weighted by Crippen LogP contribution is -2.45. The Labute approximate surface area is 141 Å². The lowest BCUT2D eigenvalue weighted by Gasteiger charge is -2.22. The Hall–Kier alpha value is -1.93. The molecule has 132 valence electrons. The summed E-state index contributed by atoms with van der Waals surface area (Å²) >= 11 is 0. The molecular weight excluding hydrogens is 332 g/mol. The molecule has 2 N–H and O–H groups in total. The highest BCUT2D eigenvalue weighted by atomic mass is 32.2. The Morgan fingerprint density at radius 3 is 2.71 bits per heavy atom. The van der Waals surface area contributed by atoms with Crippen molar-refractivity contribution in [2.75, 3.05) is 12.4 Å². The summed E-state index contributed by atoms with van der Waals surface area (Å²) in [5.74, 6) is -0.902. The van der Waals surface area contributed by atoms with E-state index < -0.39 is 22.0 Å². The third-order valence-electron chi connectivity index (χ3n) is 4.23. The summed E-state index contributed by atoms with van der Waals surface area (Å²) in [4.78, 5) is 23.3. The second-order valence-electron chi connectivity index (χ2n) is 5.87. The van der Waals surface area contributed by atoms with Crippen molar-refractivity contribution in [3.05, 3.63) is 23.8 Å². The van der Waals surface area contributed by atoms with Gasteiger partial charge in [0.1, 0.15) is 6.04 Å². The Morgan fingerprint density at radius 1 is 1.38 bits per heavy atom. The lowest BCUT2D eigenvalue weighted by molar-refractivity contribution is -0.143. The van der Waals surface area contributed by atoms with Gasteiger partial charge in [-0.05, 0) is 36.1 Å². The number of aryl methyl sites for hydroxylation is 1. The molecule has 0 fully saturated rings. The molecule has 0 radical (unpaired) electrons. The zero-order chi connectivity index (χ0) is 17.9. The first-order valence-electron chi connectivity index (χ1n) is 7.81. The monoisotopic (exact) mass is 354 g/mol. The largest absolute Gasteiger partial charge is 0.468 e. The van der Waals surface area contributed by atoms with Crippen molar-refractivity contribution in [3.63, 3.8) is 0 Å². The van der Waals surface area contributed by atoms with Gasteiger partial charge in [0, 0.05) is 12.1 Å². The maximum absolute atomic E-state index is 12.6. The summed E-state index contributed by atoms with van der Waals surface area (Å²) in [6.07, 6.45) is 1.43. The van der Waals surface area contributed by atoms with Crippen LogP contribution in [0.25, 0.3) is 0 Å². The lowest BCUT2D eigenvalue weighted by atomic mass is 10.0. The second-order valence-corrected chi connectivity index (χ2v) is 7.59. The molecule has 0 unspecified atom stereocenters. The number of carbonyl (C=O) groups excluding carboxylic acids is 2. The van der Waals surface area contributed by atoms with E-state index in [4.69, 9.17) is 4.74 Å². The molecule has 1 aromatic rings. The van der Waals surface area contributed by atoms with Gasteiger partial charge in [-0.25, -0.2) is 8.42 Å². The van der Waals surface area contributed by atoms with E-state index in [2.05, 4.69) is 10.0 Å². The van der Waals surface area contributed by atoms with Crippen LogP contribution in [0.1, 0.15) is 32.3 Å². The Morgan fingerprint density at radius 2 is 2.08 bits per heavy atom. The van der Waals surface area contributed by atoms with Gasteiger partial charge in [0.15, 0.2) is 0 Å². The number of anilines is 1. The molecule has 2 atom stereocenters. The van der Waals surface area contributed by atoms with Gasteiger partial charge >= 0.3 is 5.97 Å². The van der Waals surface area contributed by atoms with Gasteiger partial charge in [-0.15, -0.1) is 0 Å². The smallest absolute Gasteiger partial charge is 0.324 e. The van der Waals surface area contributed by atoms with Crippen molar-refractivity contribution < 1.29 is 22.7 Å². The van der Waals surface area contributed by atoms with Gasteiger partial charge in [0.2, 0.25) is 15.9 Å². The van der Waals surface area contributed by atoms with Crippen molar-refractivity contribution in [2.45, 2.75) is 44.0 Å². The van der Waals surface area contributed by atoms with Crippen LogP contribution in [-0.2, 0) is 30.8 Å². The fourth-order valence-corrected chi connectivity index (χ4v) is 3.86. The molecular formula is C16H22N2O5S. The van der Waals surface area contributed by atoms with Crippen molar-refractivity contribution in [3.8, 4) is 0 Å². The predicted octanol–water partition coefficient (Wildman–Crippen LogP) is 1.44. The van der Waals surface area contributed by atoms with Crippen LogP contribution in [0.3, 0.4) is 0 Å². The van der Waals surface area contributed by atoms with Crippen molar-refractivity contribution in [1.82, 2.24) is 4.72 Å². The maximum Gasteiger partial charge on any atom is 0.324 e. The zero-order valence-corrected chi connectivity index (χ0v) is 14.8. The van der Waals surface area contributed by atoms with Crippen molar-refractivity contribution in [2.24, 2.45) is 5.92 Å². The highest BCUT2D eigenvalue weighted by molar-refractivity contribution is 7.89. The molecule has 1 aromatic carbocycles. The Kier molecular flexibility index (Phi) is 5.61. The van der Waals surface area contributed by atoms with Gasteiger partial charge < -0.3 is 10.1 Å². The van der Waals surface area contributed by atoms with Crippen LogP contribution >= 0.6 is 0 Å². The summed E-state index contributed by atoms with van der Waals surface area (Å²) < 4.78 is 32.4. The number of ether oxygens (including phenoxy) is 1. The molecule has 1 amide bonds. The highest BCUT2D eigenvalue weighted by Gasteiger charge is 2.31. The summed E-state index contributed by atoms with van der Waals surface area (Å²) in [6.45, 7) is 3.66. The number of rotatable bonds is 6. The fraction of sp³-hybridized carbons (Fsp3) is 0.500. The summed E-state index contributed by atoms with van der Waals surface area (Å²) in [7, 11) is -2.65. The molecule has 0 saturated carbocycles. The molecule has 0 aliphatic carbocycles. The Balaban J connectivity index is 2.29. The minimum atomic E-state index is -3.88. The number of fused-ring (bicyclic) bond motifs is 1. The molecule has 0 aromatic heterocycles. The van der Waals surface area contributed by atoms with Crippen LogP contribution in [0, 0.1) is 5.92 Å². The first-order chi connectivity index (χ1) is 11.3. The average molecular weight is 354 g/mol. The van der Waals surface area contributed by atoms with Gasteiger partial charge in [-0.2, -0.15) is 4.72 Å². The van der Waals surface area contributed by atoms with Crippen LogP contribution in [-0.4, -0.2) is 33.4 Å². The molecule has 1 aliphatic heterocycles. The molecule has 1 heterocycles. The number of hydrogen-bond donors (Lipinski definition) is 2. The van der Waals surface area contributed by atoms with Gasteiger partial charge in [-0.3, -0.25) is 9.59 Å². The van der Waals surface area contributed by atoms with E-state index in [0.717, 1.165) is 5.56 Å². The van der Waals surface area contributed by atoms with E-state index in [1.807, 2.05) is 6.92 Å². The number of amides is 1. The van der Waals surface area contributed by atoms with Crippen LogP contribution in [0.4, 0.5) is 5.69 Å². The topological polar surface area (TPSA) is 102 Å². The minimum Gasteiger partial charge on any atom is -0.468 e. The molecule has 0 bridgehead atoms. The Bertz CT molecular complexity index is 745. The summed E-state index contributed by atoms with van der Waals surface area (Å²) in [5, 5.41) is 2.71. The minimum absolute atomic E-state index is 0.0644. The van der Waals surface area contributed by atoms with Crippen molar-refractivity contribution >= 4 is 27.6 Å². The van der Waals surface area contributed by atoms with Gasteiger partial charge in [-0.1, -0.05) is 20.3 Å². The molecule has 8 heteroatoms. The quantitative estimate of drug-likeness (QED) is 0.753. The average Bonchev–Trinajstić information content (AvgIpc) is 2.57. The van der Waals surface area contributed by atoms with E-state index >= 15 is 0 Å². The van der Waals surface area contributed by atoms with E-state index in [9.17, 15) is 18.0 Å². The third-order valence-corrected chi connectivity index (χ3v) is 5.67. The molecule has 7 nitrogen and oxygen atoms in total. The van der Waals surface area contributed by atoms with E-state index in [1.54, 1.807) is 13.0 Å². The SMILES string of the molecule is CC[C@H](C)[C@H](NS(=O)(=O)c1ccc2c(c1)CCC(=O)N2)C(=O)OC. The first kappa shape index (κ1) is 18.4. The van der Waals surface area contributed by atoms with Gasteiger partial charge in [0.25, 0.3) is 0 Å². The molecule has 1 aliphatic rings. The van der Waals surface area contributed by atoms with E-state index in [0.29, 0.717) is 24.9 Å². The number of nitrogens with one attached hydrogen (secondary N) is 2. The number of esters is 1. The maximum atomic E-state index is 12.6. The molecule has 0 spiro atoms. The van der Waals surface area contributed by atoms with Crippen molar-refractivity contribution in [1.29, 1.82) is 0 Å². The molecule has 0 saturated heterocycles. The zero-order valence-electron chi connectivity index (χ0n) is 14.0. The standard InChI is InChI=1S/C16H22N2O5S/c1-4-10(2)15(16(20)23-3)18-24(21,22)12-6-7-13-11(9-12)5-8-14(19)17-13/h6-7,9-10,15,18H,4-5,8H2,1-3H3,(H,17,19)/t10-,15-/m0/s1. The first-order valence-corrected chi connectivity index (χ1v) is 9.29. The number of methoxy groups -OCH3 is 1. The van der Waals surface area contributed by atoms with E-state index in [-0.39, 0.29) is 16.7 Å². The predicted molar refractivity (Wildman–Crippen MR) is 89.0 cm³/mol. The van der Waals surface area contributed by atoms with Crippen LogP contribution in [0.2, 0.25) is 0 Å². The van der Waals surface area contributed by atoms with Crippen LogP contribution in [0.15, 0.2) is 23.1 Å². The summed E-state index contributed by atoms with van der Waals surface area (Å²) in [6, 6.07) is 3.57. The molecule has 2 rings (SSSR count). The summed E-state index contributed by atoms with van der Waals surface area (Å²) in [5.41, 5.74) is 1.38. The normalized spacial score (nSPS) is 16.7. The third kappa shape index (κ3) is 3.93. The number of hydrogen-bond acceptors (Lipinski definition) is 5. The fourth-order valence-electron chi connectivity index (χ4n) is 2.52. The van der Waals surface area contributed by atoms with E-state index in [1.165, 1.54) is 19.2 Å². The highest BCUT2D eigenvalue weighted by Crippen LogP contribution is 2.26. The molecule has 24 heavy (non-hydrogen) atoms. The van der Waals surface area contributed by atoms with Gasteiger partial charge in [0.05, 0.1) is 12.0 Å². The number of benzene rings is 1. The van der Waals surface area contributed by atoms with Crippen LogP contribution < -0.4 is 10.0 Å². The van der Waals surface area contributed by atoms with Crippen LogP contribution in [0.5, 0.6) is 0 Å². The number of sulfonamides is 1.